The lowest BCUT2D eigenvalue weighted by atomic mass is 9.94. The van der Waals surface area contributed by atoms with Gasteiger partial charge in [-0.15, -0.1) is 0 Å². The summed E-state index contributed by atoms with van der Waals surface area (Å²) >= 11 is 0. The lowest BCUT2D eigenvalue weighted by Crippen LogP contribution is -2.48. The smallest absolute Gasteiger partial charge is 0.416 e. The summed E-state index contributed by atoms with van der Waals surface area (Å²) in [5.74, 6) is -1.42. The van der Waals surface area contributed by atoms with Crippen molar-refractivity contribution in [2.75, 3.05) is 7.11 Å². The normalized spacial score (nSPS) is 17.0. The number of hydrogen-bond acceptors (Lipinski definition) is 3. The quantitative estimate of drug-likeness (QED) is 0.252. The van der Waals surface area contributed by atoms with E-state index in [-0.39, 0.29) is 34.9 Å². The van der Waals surface area contributed by atoms with Crippen LogP contribution in [0, 0.1) is 5.82 Å². The molecule has 0 saturated heterocycles. The van der Waals surface area contributed by atoms with Gasteiger partial charge in [-0.05, 0) is 53.9 Å². The molecule has 12 heteroatoms. The van der Waals surface area contributed by atoms with Crippen molar-refractivity contribution < 1.29 is 40.3 Å². The third-order valence-electron chi connectivity index (χ3n) is 6.52. The Balaban J connectivity index is 1.85. The lowest BCUT2D eigenvalue weighted by Gasteiger charge is -2.38. The second-order valence-electron chi connectivity index (χ2n) is 9.20. The number of guanidine groups is 1. The van der Waals surface area contributed by atoms with Crippen LogP contribution in [0.25, 0.3) is 0 Å². The van der Waals surface area contributed by atoms with E-state index in [1.165, 1.54) is 66.4 Å². The van der Waals surface area contributed by atoms with Gasteiger partial charge in [0.1, 0.15) is 5.82 Å². The van der Waals surface area contributed by atoms with Gasteiger partial charge in [0.05, 0.1) is 42.9 Å². The summed E-state index contributed by atoms with van der Waals surface area (Å²) in [5.41, 5.74) is -1.20. The largest absolute Gasteiger partial charge is 0.466 e. The fourth-order valence-corrected chi connectivity index (χ4v) is 4.55. The van der Waals surface area contributed by atoms with Crippen LogP contribution in [-0.4, -0.2) is 23.9 Å². The minimum atomic E-state index is -4.65. The molecule has 0 fully saturated rings. The van der Waals surface area contributed by atoms with Crippen molar-refractivity contribution in [3.8, 4) is 0 Å². The zero-order valence-corrected chi connectivity index (χ0v) is 21.8. The van der Waals surface area contributed by atoms with Gasteiger partial charge in [-0.1, -0.05) is 42.5 Å². The molecule has 0 aliphatic carbocycles. The van der Waals surface area contributed by atoms with Crippen LogP contribution in [0.1, 0.15) is 40.8 Å². The van der Waals surface area contributed by atoms with E-state index in [2.05, 4.69) is 10.3 Å². The highest BCUT2D eigenvalue weighted by Gasteiger charge is 2.37. The van der Waals surface area contributed by atoms with Crippen LogP contribution in [0.4, 0.5) is 30.7 Å². The summed E-state index contributed by atoms with van der Waals surface area (Å²) in [7, 11) is 1.14. The molecule has 5 nitrogen and oxygen atoms in total. The van der Waals surface area contributed by atoms with Crippen molar-refractivity contribution in [2.45, 2.75) is 38.4 Å². The molecule has 0 radical (unpaired) electrons. The van der Waals surface area contributed by atoms with Crippen molar-refractivity contribution in [3.63, 3.8) is 0 Å². The van der Waals surface area contributed by atoms with Gasteiger partial charge in [0, 0.05) is 5.70 Å². The fourth-order valence-electron chi connectivity index (χ4n) is 4.55. The van der Waals surface area contributed by atoms with E-state index in [0.29, 0.717) is 5.56 Å². The molecule has 1 atom stereocenters. The molecule has 1 N–H and O–H groups in total. The first kappa shape index (κ1) is 29.6. The molecule has 1 heterocycles. The summed E-state index contributed by atoms with van der Waals surface area (Å²) < 4.78 is 100. The lowest BCUT2D eigenvalue weighted by molar-refractivity contribution is -0.138. The fraction of sp³-hybridized carbons (Fsp3) is 0.241. The number of allylic oxidation sites excluding steroid dienone is 1. The molecule has 216 valence electrons. The van der Waals surface area contributed by atoms with Crippen molar-refractivity contribution in [1.29, 1.82) is 0 Å². The molecule has 0 saturated carbocycles. The number of carbonyl (C=O) groups is 1. The van der Waals surface area contributed by atoms with Crippen molar-refractivity contribution in [3.05, 3.63) is 118 Å². The van der Waals surface area contributed by atoms with Crippen LogP contribution in [0.15, 0.2) is 89.1 Å². The molecule has 0 bridgehead atoms. The monoisotopic (exact) mass is 579 g/mol. The number of nitrogens with zero attached hydrogens (tertiary/aromatic N) is 2. The maximum atomic E-state index is 14.2. The molecule has 0 amide bonds. The first-order chi connectivity index (χ1) is 19.3. The predicted molar refractivity (Wildman–Crippen MR) is 137 cm³/mol. The highest BCUT2D eigenvalue weighted by Crippen LogP contribution is 2.35. The maximum Gasteiger partial charge on any atom is 0.416 e. The molecule has 1 aliphatic rings. The average Bonchev–Trinajstić information content (AvgIpc) is 2.92. The number of carbonyl (C=O) groups excluding carboxylic acids is 1. The van der Waals surface area contributed by atoms with Gasteiger partial charge < -0.3 is 15.0 Å². The Hall–Kier alpha value is -4.35. The zero-order valence-electron chi connectivity index (χ0n) is 21.8. The van der Waals surface area contributed by atoms with E-state index in [1.54, 1.807) is 0 Å². The van der Waals surface area contributed by atoms with Gasteiger partial charge in [0.15, 0.2) is 5.96 Å². The van der Waals surface area contributed by atoms with E-state index in [4.69, 9.17) is 4.74 Å². The van der Waals surface area contributed by atoms with Crippen LogP contribution in [-0.2, 0) is 35.0 Å². The summed E-state index contributed by atoms with van der Waals surface area (Å²) in [5, 5.41) is 2.98. The molecular weight excluding hydrogens is 555 g/mol. The Morgan fingerprint density at radius 2 is 1.66 bits per heavy atom. The number of methoxy groups -OCH3 is 1. The van der Waals surface area contributed by atoms with Crippen LogP contribution < -0.4 is 5.32 Å². The van der Waals surface area contributed by atoms with E-state index in [0.717, 1.165) is 25.3 Å². The number of ether oxygens (including phenoxy) is 1. The van der Waals surface area contributed by atoms with Crippen LogP contribution in [0.5, 0.6) is 0 Å². The molecule has 0 spiro atoms. The molecular formula is C29H24F7N3O2. The minimum Gasteiger partial charge on any atom is -0.466 e. The Kier molecular flexibility index (Phi) is 8.41. The topological polar surface area (TPSA) is 53.9 Å². The van der Waals surface area contributed by atoms with Crippen molar-refractivity contribution in [1.82, 2.24) is 10.2 Å². The van der Waals surface area contributed by atoms with E-state index < -0.39 is 47.9 Å². The van der Waals surface area contributed by atoms with Gasteiger partial charge in [-0.25, -0.2) is 14.2 Å². The predicted octanol–water partition coefficient (Wildman–Crippen LogP) is 7.01. The van der Waals surface area contributed by atoms with Gasteiger partial charge in [-0.3, -0.25) is 0 Å². The highest BCUT2D eigenvalue weighted by atomic mass is 19.4. The third-order valence-corrected chi connectivity index (χ3v) is 6.52. The van der Waals surface area contributed by atoms with E-state index in [9.17, 15) is 35.5 Å². The standard InChI is InChI=1S/C29H24F7N3O2/c1-17-24(26(40)41-2)25(19-9-6-11-22(30)14-19)38-27(37-15-20-8-3-4-12-23(20)29(34,35)36)39(17)16-18-7-5-10-21(13-18)28(31,32)33/h3-14,25H,15-16H2,1-2H3,(H,37,38). The van der Waals surface area contributed by atoms with Crippen LogP contribution in [0.2, 0.25) is 0 Å². The van der Waals surface area contributed by atoms with Crippen LogP contribution >= 0.6 is 0 Å². The van der Waals surface area contributed by atoms with Gasteiger partial charge in [0.2, 0.25) is 0 Å². The van der Waals surface area contributed by atoms with Crippen molar-refractivity contribution >= 4 is 11.9 Å². The summed E-state index contributed by atoms with van der Waals surface area (Å²) in [6.07, 6.45) is -9.26. The van der Waals surface area contributed by atoms with Crippen molar-refractivity contribution in [2.24, 2.45) is 4.99 Å². The first-order valence-electron chi connectivity index (χ1n) is 12.2. The second-order valence-corrected chi connectivity index (χ2v) is 9.20. The Morgan fingerprint density at radius 3 is 2.32 bits per heavy atom. The molecule has 0 aromatic heterocycles. The minimum absolute atomic E-state index is 0.0275. The first-order valence-corrected chi connectivity index (χ1v) is 12.2. The third kappa shape index (κ3) is 6.69. The number of rotatable bonds is 6. The number of benzene rings is 3. The zero-order chi connectivity index (χ0) is 29.9. The number of halogens is 7. The number of aliphatic imine (C=N–C) groups is 1. The Bertz CT molecular complexity index is 1500. The molecule has 1 unspecified atom stereocenters. The average molecular weight is 580 g/mol. The van der Waals surface area contributed by atoms with E-state index in [1.807, 2.05) is 0 Å². The molecule has 1 aliphatic heterocycles. The van der Waals surface area contributed by atoms with Gasteiger partial charge in [-0.2, -0.15) is 26.3 Å². The number of alkyl halides is 6. The van der Waals surface area contributed by atoms with Gasteiger partial charge >= 0.3 is 18.3 Å². The number of nitrogens with one attached hydrogen (secondary N) is 1. The SMILES string of the molecule is COC(=O)C1=C(C)N(Cc2cccc(C(F)(F)F)c2)C(=NCc2ccccc2C(F)(F)F)NC1c1cccc(F)c1. The highest BCUT2D eigenvalue weighted by molar-refractivity contribution is 5.96. The summed E-state index contributed by atoms with van der Waals surface area (Å²) in [6.45, 7) is 0.832. The Labute approximate surface area is 231 Å². The maximum absolute atomic E-state index is 14.2. The van der Waals surface area contributed by atoms with E-state index >= 15 is 0 Å². The second kappa shape index (κ2) is 11.6. The molecule has 4 rings (SSSR count). The summed E-state index contributed by atoms with van der Waals surface area (Å²) in [6, 6.07) is 13.7. The van der Waals surface area contributed by atoms with Crippen LogP contribution in [0.3, 0.4) is 0 Å². The molecule has 3 aromatic rings. The van der Waals surface area contributed by atoms with Gasteiger partial charge in [0.25, 0.3) is 0 Å². The molecule has 41 heavy (non-hydrogen) atoms. The number of esters is 1. The summed E-state index contributed by atoms with van der Waals surface area (Å²) in [4.78, 5) is 18.7. The Morgan fingerprint density at radius 1 is 0.951 bits per heavy atom. The molecule has 3 aromatic carbocycles. The number of hydrogen-bond donors (Lipinski definition) is 1.